The smallest absolute Gasteiger partial charge is 0.273 e. The minimum Gasteiger partial charge on any atom is -0.494 e. The Hall–Kier alpha value is -4.77. The van der Waals surface area contributed by atoms with Gasteiger partial charge < -0.3 is 24.8 Å². The van der Waals surface area contributed by atoms with Crippen LogP contribution in [0.25, 0.3) is 5.69 Å². The first kappa shape index (κ1) is 27.8. The average Bonchev–Trinajstić information content (AvgIpc) is 3.46. The molecule has 1 amide bonds. The van der Waals surface area contributed by atoms with Crippen molar-refractivity contribution < 1.29 is 14.5 Å². The first-order valence-electron chi connectivity index (χ1n) is 13.1. The number of nitro benzene ring substituents is 1. The summed E-state index contributed by atoms with van der Waals surface area (Å²) in [5.74, 6) is 0.281. The topological polar surface area (TPSA) is 115 Å². The van der Waals surface area contributed by atoms with Crippen molar-refractivity contribution in [3.05, 3.63) is 112 Å². The number of nitro groups is 1. The van der Waals surface area contributed by atoms with Crippen molar-refractivity contribution >= 4 is 34.6 Å². The SMILES string of the molecule is COc1cc([N+](=O)[O-])ccc1-n1c(C)cc([C@@H]2[C@H](c3ccccn3)NC(=S)N2CCC(=O)Nc2ccccc2)c1C. The van der Waals surface area contributed by atoms with E-state index < -0.39 is 4.92 Å². The number of para-hydroxylation sites is 1. The molecule has 1 aliphatic rings. The lowest BCUT2D eigenvalue weighted by atomic mass is 9.96. The van der Waals surface area contributed by atoms with Crippen molar-refractivity contribution in [3.8, 4) is 11.4 Å². The molecule has 1 fully saturated rings. The molecule has 5 rings (SSSR count). The molecule has 11 heteroatoms. The van der Waals surface area contributed by atoms with Crippen LogP contribution in [-0.4, -0.2) is 44.0 Å². The van der Waals surface area contributed by atoms with E-state index in [1.54, 1.807) is 12.3 Å². The maximum Gasteiger partial charge on any atom is 0.273 e. The van der Waals surface area contributed by atoms with Gasteiger partial charge in [-0.05, 0) is 68.0 Å². The highest BCUT2D eigenvalue weighted by Crippen LogP contribution is 2.42. The second-order valence-corrected chi connectivity index (χ2v) is 10.1. The van der Waals surface area contributed by atoms with E-state index in [-0.39, 0.29) is 30.1 Å². The lowest BCUT2D eigenvalue weighted by Gasteiger charge is -2.28. The van der Waals surface area contributed by atoms with Gasteiger partial charge in [-0.25, -0.2) is 0 Å². The molecule has 0 unspecified atom stereocenters. The third kappa shape index (κ3) is 5.62. The van der Waals surface area contributed by atoms with Crippen molar-refractivity contribution in [1.29, 1.82) is 0 Å². The Balaban J connectivity index is 1.51. The fraction of sp³-hybridized carbons (Fsp3) is 0.233. The van der Waals surface area contributed by atoms with Gasteiger partial charge in [-0.1, -0.05) is 24.3 Å². The van der Waals surface area contributed by atoms with Crippen LogP contribution in [-0.2, 0) is 4.79 Å². The van der Waals surface area contributed by atoms with Gasteiger partial charge in [0.15, 0.2) is 5.11 Å². The molecule has 2 aromatic carbocycles. The summed E-state index contributed by atoms with van der Waals surface area (Å²) in [4.78, 5) is 30.4. The number of hydrogen-bond acceptors (Lipinski definition) is 6. The summed E-state index contributed by atoms with van der Waals surface area (Å²) >= 11 is 5.80. The molecule has 2 aromatic heterocycles. The van der Waals surface area contributed by atoms with E-state index in [1.807, 2.05) is 71.8 Å². The number of carbonyl (C=O) groups is 1. The van der Waals surface area contributed by atoms with Gasteiger partial charge in [0.2, 0.25) is 5.91 Å². The van der Waals surface area contributed by atoms with Crippen LogP contribution < -0.4 is 15.4 Å². The Morgan fingerprint density at radius 3 is 2.56 bits per heavy atom. The van der Waals surface area contributed by atoms with E-state index in [1.165, 1.54) is 19.2 Å². The number of benzene rings is 2. The second-order valence-electron chi connectivity index (χ2n) is 9.76. The van der Waals surface area contributed by atoms with E-state index in [2.05, 4.69) is 21.7 Å². The minimum atomic E-state index is -0.443. The number of thiocarbonyl (C=S) groups is 1. The Kier molecular flexibility index (Phi) is 7.97. The standard InChI is InChI=1S/C30H30N6O4S/c1-19-17-23(20(2)35(19)25-13-12-22(36(38)39)18-26(25)40-3)29-28(24-11-7-8-15-31-24)33-30(41)34(29)16-14-27(37)32-21-9-5-4-6-10-21/h4-13,15,17-18,28-29H,14,16H2,1-3H3,(H,32,37)(H,33,41)/t28-,29+/m0/s1. The number of non-ortho nitro benzene ring substituents is 1. The normalized spacial score (nSPS) is 16.4. The maximum atomic E-state index is 12.8. The highest BCUT2D eigenvalue weighted by atomic mass is 32.1. The summed E-state index contributed by atoms with van der Waals surface area (Å²) in [7, 11) is 1.50. The summed E-state index contributed by atoms with van der Waals surface area (Å²) in [6.45, 7) is 4.37. The van der Waals surface area contributed by atoms with Gasteiger partial charge in [0.05, 0.1) is 41.6 Å². The number of amides is 1. The van der Waals surface area contributed by atoms with E-state index >= 15 is 0 Å². The number of pyridine rings is 1. The first-order valence-corrected chi connectivity index (χ1v) is 13.5. The summed E-state index contributed by atoms with van der Waals surface area (Å²) in [6.07, 6.45) is 1.98. The molecule has 2 atom stereocenters. The molecule has 0 spiro atoms. The Labute approximate surface area is 243 Å². The van der Waals surface area contributed by atoms with E-state index in [0.717, 1.165) is 28.3 Å². The molecule has 0 aliphatic carbocycles. The molecule has 210 valence electrons. The zero-order valence-corrected chi connectivity index (χ0v) is 23.7. The average molecular weight is 571 g/mol. The highest BCUT2D eigenvalue weighted by molar-refractivity contribution is 7.80. The molecule has 0 bridgehead atoms. The fourth-order valence-corrected chi connectivity index (χ4v) is 5.71. The van der Waals surface area contributed by atoms with Crippen molar-refractivity contribution in [2.45, 2.75) is 32.4 Å². The summed E-state index contributed by atoms with van der Waals surface area (Å²) in [5, 5.41) is 18.3. The quantitative estimate of drug-likeness (QED) is 0.156. The number of nitrogens with one attached hydrogen (secondary N) is 2. The number of rotatable bonds is 9. The van der Waals surface area contributed by atoms with Gasteiger partial charge in [0.25, 0.3) is 5.69 Å². The molecule has 3 heterocycles. The predicted molar refractivity (Wildman–Crippen MR) is 160 cm³/mol. The van der Waals surface area contributed by atoms with Crippen LogP contribution >= 0.6 is 12.2 Å². The molecule has 0 radical (unpaired) electrons. The number of aromatic nitrogens is 2. The molecule has 1 aliphatic heterocycles. The van der Waals surface area contributed by atoms with Gasteiger partial charge >= 0.3 is 0 Å². The second kappa shape index (κ2) is 11.8. The van der Waals surface area contributed by atoms with Gasteiger partial charge in [0.1, 0.15) is 5.75 Å². The summed E-state index contributed by atoms with van der Waals surface area (Å²) in [6, 6.07) is 21.3. The Bertz CT molecular complexity index is 1590. The van der Waals surface area contributed by atoms with Crippen LogP contribution in [0.4, 0.5) is 11.4 Å². The molecule has 2 N–H and O–H groups in total. The van der Waals surface area contributed by atoms with Gasteiger partial charge in [-0.3, -0.25) is 19.9 Å². The lowest BCUT2D eigenvalue weighted by molar-refractivity contribution is -0.384. The number of hydrogen-bond donors (Lipinski definition) is 2. The fourth-order valence-electron chi connectivity index (χ4n) is 5.37. The van der Waals surface area contributed by atoms with E-state index in [0.29, 0.717) is 23.1 Å². The number of ether oxygens (including phenoxy) is 1. The Morgan fingerprint density at radius 2 is 1.88 bits per heavy atom. The number of nitrogens with zero attached hydrogens (tertiary/aromatic N) is 4. The van der Waals surface area contributed by atoms with Crippen molar-refractivity contribution in [3.63, 3.8) is 0 Å². The largest absolute Gasteiger partial charge is 0.494 e. The zero-order valence-electron chi connectivity index (χ0n) is 22.9. The number of aryl methyl sites for hydroxylation is 1. The van der Waals surface area contributed by atoms with Crippen LogP contribution in [0.2, 0.25) is 0 Å². The molecule has 1 saturated heterocycles. The monoisotopic (exact) mass is 570 g/mol. The van der Waals surface area contributed by atoms with E-state index in [4.69, 9.17) is 17.0 Å². The first-order chi connectivity index (χ1) is 19.8. The van der Waals surface area contributed by atoms with Crippen LogP contribution in [0.1, 0.15) is 41.1 Å². The van der Waals surface area contributed by atoms with Gasteiger partial charge in [0, 0.05) is 42.3 Å². The summed E-state index contributed by atoms with van der Waals surface area (Å²) in [5.41, 5.74) is 5.05. The highest BCUT2D eigenvalue weighted by Gasteiger charge is 2.41. The molecule has 4 aromatic rings. The van der Waals surface area contributed by atoms with Gasteiger partial charge in [-0.15, -0.1) is 0 Å². The molecule has 10 nitrogen and oxygen atoms in total. The van der Waals surface area contributed by atoms with Crippen molar-refractivity contribution in [2.75, 3.05) is 19.0 Å². The van der Waals surface area contributed by atoms with Crippen LogP contribution in [0.3, 0.4) is 0 Å². The molecular formula is C30H30N6O4S. The third-order valence-electron chi connectivity index (χ3n) is 7.24. The number of carbonyl (C=O) groups excluding carboxylic acids is 1. The third-order valence-corrected chi connectivity index (χ3v) is 7.59. The number of anilines is 1. The minimum absolute atomic E-state index is 0.0474. The van der Waals surface area contributed by atoms with Crippen molar-refractivity contribution in [1.82, 2.24) is 19.8 Å². The predicted octanol–water partition coefficient (Wildman–Crippen LogP) is 5.41. The lowest BCUT2D eigenvalue weighted by Crippen LogP contribution is -2.32. The number of methoxy groups -OCH3 is 1. The maximum absolute atomic E-state index is 12.8. The molecule has 0 saturated carbocycles. The molecule has 41 heavy (non-hydrogen) atoms. The van der Waals surface area contributed by atoms with Crippen LogP contribution in [0.5, 0.6) is 5.75 Å². The Morgan fingerprint density at radius 1 is 1.12 bits per heavy atom. The van der Waals surface area contributed by atoms with Crippen molar-refractivity contribution in [2.24, 2.45) is 0 Å². The summed E-state index contributed by atoms with van der Waals surface area (Å²) < 4.78 is 7.58. The van der Waals surface area contributed by atoms with Crippen LogP contribution in [0, 0.1) is 24.0 Å². The molecular weight excluding hydrogens is 540 g/mol. The van der Waals surface area contributed by atoms with E-state index in [9.17, 15) is 14.9 Å². The van der Waals surface area contributed by atoms with Crippen LogP contribution in [0.15, 0.2) is 79.0 Å². The zero-order chi connectivity index (χ0) is 29.1. The van der Waals surface area contributed by atoms with Gasteiger partial charge in [-0.2, -0.15) is 0 Å².